The minimum Gasteiger partial charge on any atom is -0.337 e. The lowest BCUT2D eigenvalue weighted by atomic mass is 10.3. The van der Waals surface area contributed by atoms with Gasteiger partial charge in [0.15, 0.2) is 0 Å². The number of rotatable bonds is 5. The molecule has 5 nitrogen and oxygen atoms in total. The molecule has 94 valence electrons. The van der Waals surface area contributed by atoms with Gasteiger partial charge in [0, 0.05) is 39.4 Å². The molecule has 0 radical (unpaired) electrons. The molecule has 0 bridgehead atoms. The Balaban J connectivity index is 2.14. The van der Waals surface area contributed by atoms with Gasteiger partial charge in [-0.1, -0.05) is 6.07 Å². The number of urea groups is 1. The van der Waals surface area contributed by atoms with Crippen molar-refractivity contribution in [1.82, 2.24) is 20.5 Å². The lowest BCUT2D eigenvalue weighted by Gasteiger charge is -2.12. The zero-order valence-electron chi connectivity index (χ0n) is 10.7. The van der Waals surface area contributed by atoms with Crippen LogP contribution in [-0.2, 0) is 6.54 Å². The summed E-state index contributed by atoms with van der Waals surface area (Å²) >= 11 is 0. The lowest BCUT2D eigenvalue weighted by Crippen LogP contribution is -2.38. The van der Waals surface area contributed by atoms with Crippen molar-refractivity contribution in [3.63, 3.8) is 0 Å². The number of aromatic nitrogens is 1. The number of hydrogen-bond donors (Lipinski definition) is 2. The van der Waals surface area contributed by atoms with Crippen molar-refractivity contribution < 1.29 is 4.79 Å². The van der Waals surface area contributed by atoms with Crippen molar-refractivity contribution in [3.8, 4) is 0 Å². The summed E-state index contributed by atoms with van der Waals surface area (Å²) in [5, 5.41) is 6.01. The van der Waals surface area contributed by atoms with Gasteiger partial charge in [0.1, 0.15) is 0 Å². The second-order valence-electron chi connectivity index (χ2n) is 4.07. The molecule has 1 heterocycles. The summed E-state index contributed by atoms with van der Waals surface area (Å²) in [5.74, 6) is 0. The first-order valence-electron chi connectivity index (χ1n) is 5.68. The minimum atomic E-state index is -0.0690. The van der Waals surface area contributed by atoms with E-state index in [-0.39, 0.29) is 6.03 Å². The van der Waals surface area contributed by atoms with Crippen molar-refractivity contribution >= 4 is 6.03 Å². The van der Waals surface area contributed by atoms with Gasteiger partial charge in [-0.25, -0.2) is 4.79 Å². The third kappa shape index (κ3) is 5.31. The van der Waals surface area contributed by atoms with Gasteiger partial charge < -0.3 is 15.5 Å². The van der Waals surface area contributed by atoms with E-state index in [0.717, 1.165) is 24.5 Å². The Morgan fingerprint density at radius 1 is 1.35 bits per heavy atom. The van der Waals surface area contributed by atoms with Crippen molar-refractivity contribution in [3.05, 3.63) is 29.6 Å². The Morgan fingerprint density at radius 2 is 2.12 bits per heavy atom. The first-order chi connectivity index (χ1) is 8.09. The summed E-state index contributed by atoms with van der Waals surface area (Å²) in [6.45, 7) is 4.04. The SMILES string of the molecule is Cc1cccc(CNCCNC(=O)N(C)C)n1. The Kier molecular flexibility index (Phi) is 5.42. The summed E-state index contributed by atoms with van der Waals surface area (Å²) in [6.07, 6.45) is 0. The number of pyridine rings is 1. The Bertz CT molecular complexity index is 365. The van der Waals surface area contributed by atoms with Crippen LogP contribution in [0.5, 0.6) is 0 Å². The third-order valence-electron chi connectivity index (χ3n) is 2.24. The number of carbonyl (C=O) groups excluding carboxylic acids is 1. The van der Waals surface area contributed by atoms with Gasteiger partial charge in [-0.2, -0.15) is 0 Å². The summed E-state index contributed by atoms with van der Waals surface area (Å²) < 4.78 is 0. The van der Waals surface area contributed by atoms with Crippen molar-refractivity contribution in [1.29, 1.82) is 0 Å². The fraction of sp³-hybridized carbons (Fsp3) is 0.500. The number of aryl methyl sites for hydroxylation is 1. The van der Waals surface area contributed by atoms with Crippen LogP contribution in [0, 0.1) is 6.92 Å². The van der Waals surface area contributed by atoms with E-state index in [4.69, 9.17) is 0 Å². The molecule has 1 rings (SSSR count). The summed E-state index contributed by atoms with van der Waals surface area (Å²) in [6, 6.07) is 5.88. The maximum Gasteiger partial charge on any atom is 0.316 e. The van der Waals surface area contributed by atoms with E-state index in [9.17, 15) is 4.79 Å². The topological polar surface area (TPSA) is 57.3 Å². The Hall–Kier alpha value is -1.62. The van der Waals surface area contributed by atoms with Gasteiger partial charge in [0.25, 0.3) is 0 Å². The highest BCUT2D eigenvalue weighted by atomic mass is 16.2. The van der Waals surface area contributed by atoms with E-state index in [1.165, 1.54) is 4.90 Å². The van der Waals surface area contributed by atoms with Crippen LogP contribution >= 0.6 is 0 Å². The minimum absolute atomic E-state index is 0.0690. The van der Waals surface area contributed by atoms with Crippen LogP contribution in [-0.4, -0.2) is 43.1 Å². The number of nitrogens with zero attached hydrogens (tertiary/aromatic N) is 2. The van der Waals surface area contributed by atoms with Gasteiger partial charge in [-0.15, -0.1) is 0 Å². The van der Waals surface area contributed by atoms with Crippen LogP contribution in [0.4, 0.5) is 4.79 Å². The molecule has 0 aliphatic carbocycles. The molecule has 0 aromatic carbocycles. The Labute approximate surface area is 102 Å². The molecule has 0 saturated carbocycles. The molecular weight excluding hydrogens is 216 g/mol. The van der Waals surface area contributed by atoms with E-state index in [0.29, 0.717) is 6.54 Å². The van der Waals surface area contributed by atoms with E-state index >= 15 is 0 Å². The molecule has 0 spiro atoms. The Morgan fingerprint density at radius 3 is 2.76 bits per heavy atom. The third-order valence-corrected chi connectivity index (χ3v) is 2.24. The quantitative estimate of drug-likeness (QED) is 0.742. The second-order valence-corrected chi connectivity index (χ2v) is 4.07. The van der Waals surface area contributed by atoms with Gasteiger partial charge in [-0.3, -0.25) is 4.98 Å². The molecule has 1 aromatic heterocycles. The van der Waals surface area contributed by atoms with Crippen molar-refractivity contribution in [2.75, 3.05) is 27.2 Å². The van der Waals surface area contributed by atoms with Gasteiger partial charge in [0.2, 0.25) is 0 Å². The first kappa shape index (κ1) is 13.4. The highest BCUT2D eigenvalue weighted by Crippen LogP contribution is 1.96. The van der Waals surface area contributed by atoms with Crippen LogP contribution in [0.15, 0.2) is 18.2 Å². The van der Waals surface area contributed by atoms with Gasteiger partial charge >= 0.3 is 6.03 Å². The second kappa shape index (κ2) is 6.85. The standard InChI is InChI=1S/C12H20N4O/c1-10-5-4-6-11(15-10)9-13-7-8-14-12(17)16(2)3/h4-6,13H,7-9H2,1-3H3,(H,14,17). The molecule has 17 heavy (non-hydrogen) atoms. The van der Waals surface area contributed by atoms with Crippen LogP contribution in [0.3, 0.4) is 0 Å². The number of hydrogen-bond acceptors (Lipinski definition) is 3. The number of nitrogens with one attached hydrogen (secondary N) is 2. The van der Waals surface area contributed by atoms with Gasteiger partial charge in [0.05, 0.1) is 5.69 Å². The zero-order valence-corrected chi connectivity index (χ0v) is 10.7. The molecule has 0 aliphatic rings. The molecule has 0 saturated heterocycles. The summed E-state index contributed by atoms with van der Waals surface area (Å²) in [4.78, 5) is 17.1. The zero-order chi connectivity index (χ0) is 12.7. The van der Waals surface area contributed by atoms with Crippen LogP contribution in [0.2, 0.25) is 0 Å². The van der Waals surface area contributed by atoms with E-state index in [1.54, 1.807) is 14.1 Å². The smallest absolute Gasteiger partial charge is 0.316 e. The average molecular weight is 236 g/mol. The van der Waals surface area contributed by atoms with Crippen LogP contribution in [0.1, 0.15) is 11.4 Å². The van der Waals surface area contributed by atoms with Crippen molar-refractivity contribution in [2.24, 2.45) is 0 Å². The fourth-order valence-electron chi connectivity index (χ4n) is 1.33. The molecule has 0 fully saturated rings. The first-order valence-corrected chi connectivity index (χ1v) is 5.68. The highest BCUT2D eigenvalue weighted by Gasteiger charge is 2.00. The normalized spacial score (nSPS) is 10.1. The van der Waals surface area contributed by atoms with Gasteiger partial charge in [-0.05, 0) is 19.1 Å². The maximum atomic E-state index is 11.2. The molecule has 2 N–H and O–H groups in total. The maximum absolute atomic E-state index is 11.2. The summed E-state index contributed by atoms with van der Waals surface area (Å²) in [5.41, 5.74) is 2.04. The summed E-state index contributed by atoms with van der Waals surface area (Å²) in [7, 11) is 3.44. The number of amides is 2. The highest BCUT2D eigenvalue weighted by molar-refractivity contribution is 5.73. The molecular formula is C12H20N4O. The van der Waals surface area contributed by atoms with Crippen LogP contribution in [0.25, 0.3) is 0 Å². The largest absolute Gasteiger partial charge is 0.337 e. The van der Waals surface area contributed by atoms with Crippen molar-refractivity contribution in [2.45, 2.75) is 13.5 Å². The predicted octanol–water partition coefficient (Wildman–Crippen LogP) is 0.751. The molecule has 0 aliphatic heterocycles. The molecule has 5 heteroatoms. The number of carbonyl (C=O) groups is 1. The monoisotopic (exact) mass is 236 g/mol. The van der Waals surface area contributed by atoms with Crippen LogP contribution < -0.4 is 10.6 Å². The molecule has 0 atom stereocenters. The van der Waals surface area contributed by atoms with E-state index in [2.05, 4.69) is 15.6 Å². The van der Waals surface area contributed by atoms with E-state index in [1.807, 2.05) is 25.1 Å². The van der Waals surface area contributed by atoms with E-state index < -0.39 is 0 Å². The molecule has 0 unspecified atom stereocenters. The molecule has 2 amide bonds. The predicted molar refractivity (Wildman–Crippen MR) is 67.8 cm³/mol. The lowest BCUT2D eigenvalue weighted by molar-refractivity contribution is 0.217. The fourth-order valence-corrected chi connectivity index (χ4v) is 1.33. The molecule has 1 aromatic rings. The average Bonchev–Trinajstić information content (AvgIpc) is 2.28.